The second kappa shape index (κ2) is 7.18. The van der Waals surface area contributed by atoms with Gasteiger partial charge in [0.05, 0.1) is 12.5 Å². The Morgan fingerprint density at radius 3 is 2.78 bits per heavy atom. The summed E-state index contributed by atoms with van der Waals surface area (Å²) in [7, 11) is 1.62. The maximum absolute atomic E-state index is 11.7. The molecule has 0 aromatic carbocycles. The summed E-state index contributed by atoms with van der Waals surface area (Å²) in [6.07, 6.45) is 11.3. The standard InChI is InChI=1S/C22H24N8O2/c1-12(31)30-9-13-5-16(6-14(13)10-30)26-21-27-19-18(20(28-21)32-2)17(8-24-19)15-7-25-22-23-3-4-29(22)11-15/h3-4,7-8,11,13-14,16H,5-6,9-10H2,1-2H3,(H2,24,26,27,28)/t13-,14+,16+. The number of fused-ring (bicyclic) bond motifs is 3. The van der Waals surface area contributed by atoms with Crippen LogP contribution in [-0.4, -0.2) is 66.4 Å². The van der Waals surface area contributed by atoms with E-state index in [0.717, 1.165) is 42.4 Å². The largest absolute Gasteiger partial charge is 0.480 e. The Balaban J connectivity index is 1.27. The van der Waals surface area contributed by atoms with Gasteiger partial charge in [-0.3, -0.25) is 9.20 Å². The number of H-pyrrole nitrogens is 1. The van der Waals surface area contributed by atoms with Crippen molar-refractivity contribution in [1.29, 1.82) is 0 Å². The molecule has 0 unspecified atom stereocenters. The average molecular weight is 432 g/mol. The molecule has 1 saturated carbocycles. The molecule has 1 aliphatic heterocycles. The van der Waals surface area contributed by atoms with E-state index in [9.17, 15) is 4.79 Å². The highest BCUT2D eigenvalue weighted by molar-refractivity contribution is 5.97. The van der Waals surface area contributed by atoms with Crippen LogP contribution >= 0.6 is 0 Å². The van der Waals surface area contributed by atoms with Crippen LogP contribution in [0.1, 0.15) is 19.8 Å². The van der Waals surface area contributed by atoms with E-state index in [0.29, 0.717) is 41.1 Å². The van der Waals surface area contributed by atoms with Crippen molar-refractivity contribution in [3.05, 3.63) is 31.0 Å². The molecule has 2 fully saturated rings. The molecule has 10 nitrogen and oxygen atoms in total. The second-order valence-corrected chi connectivity index (χ2v) is 8.72. The maximum Gasteiger partial charge on any atom is 0.233 e. The van der Waals surface area contributed by atoms with Gasteiger partial charge in [0, 0.05) is 68.2 Å². The van der Waals surface area contributed by atoms with Crippen LogP contribution in [-0.2, 0) is 4.79 Å². The molecular weight excluding hydrogens is 408 g/mol. The molecule has 2 N–H and O–H groups in total. The smallest absolute Gasteiger partial charge is 0.233 e. The Kier molecular flexibility index (Phi) is 4.27. The molecule has 32 heavy (non-hydrogen) atoms. The van der Waals surface area contributed by atoms with Crippen LogP contribution in [0.15, 0.2) is 31.0 Å². The van der Waals surface area contributed by atoms with Crippen LogP contribution in [0.4, 0.5) is 5.95 Å². The third-order valence-electron chi connectivity index (χ3n) is 6.78. The normalized spacial score (nSPS) is 22.6. The molecule has 1 saturated heterocycles. The van der Waals surface area contributed by atoms with Crippen molar-refractivity contribution in [1.82, 2.24) is 34.2 Å². The van der Waals surface area contributed by atoms with Crippen LogP contribution < -0.4 is 10.1 Å². The quantitative estimate of drug-likeness (QED) is 0.509. The molecule has 4 aromatic rings. The van der Waals surface area contributed by atoms with Crippen LogP contribution in [0.5, 0.6) is 5.88 Å². The first kappa shape index (κ1) is 19.0. The van der Waals surface area contributed by atoms with Crippen LogP contribution in [0.3, 0.4) is 0 Å². The van der Waals surface area contributed by atoms with Crippen molar-refractivity contribution in [3.8, 4) is 17.0 Å². The number of carbonyl (C=O) groups is 1. The van der Waals surface area contributed by atoms with Gasteiger partial charge in [0.15, 0.2) is 0 Å². The number of carbonyl (C=O) groups excluding carboxylic acids is 1. The number of ether oxygens (including phenoxy) is 1. The number of imidazole rings is 1. The highest BCUT2D eigenvalue weighted by Gasteiger charge is 2.41. The number of likely N-dealkylation sites (tertiary alicyclic amines) is 1. The summed E-state index contributed by atoms with van der Waals surface area (Å²) in [6.45, 7) is 3.37. The molecule has 1 amide bonds. The predicted molar refractivity (Wildman–Crippen MR) is 118 cm³/mol. The summed E-state index contributed by atoms with van der Waals surface area (Å²) in [5, 5.41) is 4.32. The lowest BCUT2D eigenvalue weighted by molar-refractivity contribution is -0.128. The summed E-state index contributed by atoms with van der Waals surface area (Å²) in [4.78, 5) is 34.9. The van der Waals surface area contributed by atoms with Crippen molar-refractivity contribution in [2.75, 3.05) is 25.5 Å². The summed E-state index contributed by atoms with van der Waals surface area (Å²) in [5.41, 5.74) is 2.55. The van der Waals surface area contributed by atoms with Crippen molar-refractivity contribution in [2.45, 2.75) is 25.8 Å². The molecule has 0 spiro atoms. The zero-order chi connectivity index (χ0) is 21.8. The highest BCUT2D eigenvalue weighted by atomic mass is 16.5. The third kappa shape index (κ3) is 3.05. The Morgan fingerprint density at radius 1 is 1.22 bits per heavy atom. The van der Waals surface area contributed by atoms with E-state index < -0.39 is 0 Å². The number of nitrogens with zero attached hydrogens (tertiary/aromatic N) is 6. The number of anilines is 1. The lowest BCUT2D eigenvalue weighted by atomic mass is 10.0. The topological polar surface area (TPSA) is 113 Å². The number of amides is 1. The van der Waals surface area contributed by atoms with Crippen LogP contribution in [0.2, 0.25) is 0 Å². The third-order valence-corrected chi connectivity index (χ3v) is 6.78. The van der Waals surface area contributed by atoms with Gasteiger partial charge in [0.1, 0.15) is 5.65 Å². The van der Waals surface area contributed by atoms with E-state index in [1.807, 2.05) is 27.9 Å². The van der Waals surface area contributed by atoms with Gasteiger partial charge in [0.25, 0.3) is 0 Å². The predicted octanol–water partition coefficient (Wildman–Crippen LogP) is 2.34. The van der Waals surface area contributed by atoms with E-state index in [4.69, 9.17) is 9.72 Å². The zero-order valence-electron chi connectivity index (χ0n) is 17.9. The molecule has 1 aliphatic carbocycles. The number of hydrogen-bond donors (Lipinski definition) is 2. The van der Waals surface area contributed by atoms with Gasteiger partial charge in [-0.15, -0.1) is 0 Å². The van der Waals surface area contributed by atoms with Crippen molar-refractivity contribution in [3.63, 3.8) is 0 Å². The van der Waals surface area contributed by atoms with E-state index in [1.54, 1.807) is 26.4 Å². The molecule has 4 aromatic heterocycles. The van der Waals surface area contributed by atoms with E-state index in [-0.39, 0.29) is 5.91 Å². The number of aromatic nitrogens is 6. The SMILES string of the molecule is COc1nc(N[C@H]2C[C@@H]3CN(C(C)=O)C[C@@H]3C2)nc2[nH]cc(-c3cnc4nccn4c3)c12. The molecular formula is C22H24N8O2. The first-order chi connectivity index (χ1) is 15.6. The molecule has 5 heterocycles. The van der Waals surface area contributed by atoms with E-state index in [2.05, 4.69) is 25.3 Å². The van der Waals surface area contributed by atoms with Crippen molar-refractivity contribution >= 4 is 28.7 Å². The molecule has 10 heteroatoms. The summed E-state index contributed by atoms with van der Waals surface area (Å²) in [6, 6.07) is 0.295. The zero-order valence-corrected chi connectivity index (χ0v) is 17.9. The Bertz CT molecular complexity index is 1310. The average Bonchev–Trinajstić information content (AvgIpc) is 3.54. The van der Waals surface area contributed by atoms with Gasteiger partial charge in [-0.2, -0.15) is 9.97 Å². The first-order valence-electron chi connectivity index (χ1n) is 10.8. The minimum atomic E-state index is 0.173. The number of hydrogen-bond acceptors (Lipinski definition) is 7. The van der Waals surface area contributed by atoms with Gasteiger partial charge in [0.2, 0.25) is 23.5 Å². The highest BCUT2D eigenvalue weighted by Crippen LogP contribution is 2.40. The summed E-state index contributed by atoms with van der Waals surface area (Å²) in [5.74, 6) is 2.98. The Labute approximate surface area is 184 Å². The summed E-state index contributed by atoms with van der Waals surface area (Å²) >= 11 is 0. The second-order valence-electron chi connectivity index (χ2n) is 8.72. The molecule has 2 aliphatic rings. The molecule has 6 rings (SSSR count). The fraction of sp³-hybridized carbons (Fsp3) is 0.409. The first-order valence-corrected chi connectivity index (χ1v) is 10.8. The lowest BCUT2D eigenvalue weighted by Gasteiger charge is -2.18. The van der Waals surface area contributed by atoms with Crippen molar-refractivity contribution in [2.24, 2.45) is 11.8 Å². The minimum Gasteiger partial charge on any atom is -0.480 e. The van der Waals surface area contributed by atoms with Gasteiger partial charge >= 0.3 is 0 Å². The Hall–Kier alpha value is -3.69. The van der Waals surface area contributed by atoms with E-state index in [1.165, 1.54) is 0 Å². The van der Waals surface area contributed by atoms with Gasteiger partial charge in [-0.25, -0.2) is 9.97 Å². The monoisotopic (exact) mass is 432 g/mol. The molecule has 164 valence electrons. The minimum absolute atomic E-state index is 0.173. The van der Waals surface area contributed by atoms with Gasteiger partial charge in [-0.1, -0.05) is 0 Å². The number of nitrogens with one attached hydrogen (secondary N) is 2. The number of aromatic amines is 1. The fourth-order valence-corrected chi connectivity index (χ4v) is 5.25. The maximum atomic E-state index is 11.7. The van der Waals surface area contributed by atoms with Crippen molar-refractivity contribution < 1.29 is 9.53 Å². The Morgan fingerprint density at radius 2 is 2.03 bits per heavy atom. The van der Waals surface area contributed by atoms with E-state index >= 15 is 0 Å². The molecule has 0 bridgehead atoms. The molecule has 3 atom stereocenters. The van der Waals surface area contributed by atoms with Crippen LogP contribution in [0.25, 0.3) is 27.9 Å². The lowest BCUT2D eigenvalue weighted by Crippen LogP contribution is -2.29. The van der Waals surface area contributed by atoms with Gasteiger partial charge < -0.3 is 19.9 Å². The summed E-state index contributed by atoms with van der Waals surface area (Å²) < 4.78 is 7.52. The molecule has 0 radical (unpaired) electrons. The van der Waals surface area contributed by atoms with Gasteiger partial charge in [-0.05, 0) is 24.7 Å². The fourth-order valence-electron chi connectivity index (χ4n) is 5.25. The number of methoxy groups -OCH3 is 1. The number of rotatable bonds is 4. The van der Waals surface area contributed by atoms with Crippen LogP contribution in [0, 0.1) is 11.8 Å².